The molecule has 0 saturated heterocycles. The van der Waals surface area contributed by atoms with Gasteiger partial charge >= 0.3 is 17.9 Å². The van der Waals surface area contributed by atoms with Gasteiger partial charge in [-0.25, -0.2) is 0 Å². The highest BCUT2D eigenvalue weighted by atomic mass is 16.5. The summed E-state index contributed by atoms with van der Waals surface area (Å²) in [6.07, 6.45) is 42.3. The Morgan fingerprint density at radius 1 is 0.431 bits per heavy atom. The number of unbranched alkanes of at least 4 members (excludes halogenated alkanes) is 20. The van der Waals surface area contributed by atoms with Crippen molar-refractivity contribution < 1.29 is 28.6 Å². The smallest absolute Gasteiger partial charge is 0.306 e. The zero-order valence-corrected chi connectivity index (χ0v) is 39.6. The first-order valence-corrected chi connectivity index (χ1v) is 24.1. The molecule has 1 unspecified atom stereocenters. The maximum absolute atomic E-state index is 12.6. The van der Waals surface area contributed by atoms with E-state index in [4.69, 9.17) is 14.2 Å². The van der Waals surface area contributed by atoms with Crippen LogP contribution in [0.25, 0.3) is 0 Å². The molecule has 0 radical (unpaired) electrons. The van der Waals surface area contributed by atoms with Gasteiger partial charge in [-0.05, 0) is 128 Å². The number of hydrogen-bond acceptors (Lipinski definition) is 7. The first-order valence-electron chi connectivity index (χ1n) is 24.1. The standard InChI is InChI=1S/C51H95NO6/c1-50(2,3)44-56-47(53)40-35-31-27-23-19-15-11-9-10-13-17-21-25-29-33-38-46(58-49(55)42-37-43-52(7)8)39-34-30-26-22-18-14-12-16-20-24-28-32-36-41-48(54)57-45-51(4,5)6/h9,11-12,14,46H,10,13,15-45H2,1-8H3/b11-9-,14-12-. The number of nitrogens with zero attached hydrogens (tertiary/aromatic N) is 1. The molecule has 0 aromatic heterocycles. The van der Waals surface area contributed by atoms with Crippen LogP contribution in [0.3, 0.4) is 0 Å². The van der Waals surface area contributed by atoms with Crippen molar-refractivity contribution in [3.8, 4) is 0 Å². The molecule has 0 aromatic rings. The zero-order chi connectivity index (χ0) is 43.2. The molecule has 0 heterocycles. The molecule has 0 aromatic carbocycles. The predicted molar refractivity (Wildman–Crippen MR) is 246 cm³/mol. The van der Waals surface area contributed by atoms with Crippen LogP contribution in [0.4, 0.5) is 0 Å². The number of esters is 3. The van der Waals surface area contributed by atoms with E-state index < -0.39 is 0 Å². The summed E-state index contributed by atoms with van der Waals surface area (Å²) < 4.78 is 16.7. The van der Waals surface area contributed by atoms with Crippen molar-refractivity contribution in [1.82, 2.24) is 4.90 Å². The van der Waals surface area contributed by atoms with E-state index in [0.717, 1.165) is 83.6 Å². The third-order valence-electron chi connectivity index (χ3n) is 10.2. The van der Waals surface area contributed by atoms with Crippen molar-refractivity contribution >= 4 is 17.9 Å². The fourth-order valence-electron chi connectivity index (χ4n) is 6.71. The molecule has 0 saturated carbocycles. The minimum Gasteiger partial charge on any atom is -0.465 e. The number of carbonyl (C=O) groups is 3. The van der Waals surface area contributed by atoms with Crippen LogP contribution in [0.15, 0.2) is 24.3 Å². The third kappa shape index (κ3) is 44.9. The summed E-state index contributed by atoms with van der Waals surface area (Å²) in [5, 5.41) is 0. The third-order valence-corrected chi connectivity index (χ3v) is 10.2. The summed E-state index contributed by atoms with van der Waals surface area (Å²) in [5.41, 5.74) is 0.0729. The Labute approximate surface area is 359 Å². The van der Waals surface area contributed by atoms with Gasteiger partial charge < -0.3 is 19.1 Å². The first kappa shape index (κ1) is 55.9. The lowest BCUT2D eigenvalue weighted by atomic mass is 9.99. The average molecular weight is 818 g/mol. The second-order valence-electron chi connectivity index (χ2n) is 19.7. The van der Waals surface area contributed by atoms with Gasteiger partial charge in [0, 0.05) is 19.3 Å². The van der Waals surface area contributed by atoms with Crippen LogP contribution in [0.5, 0.6) is 0 Å². The van der Waals surface area contributed by atoms with Gasteiger partial charge in [-0.1, -0.05) is 143 Å². The average Bonchev–Trinajstić information content (AvgIpc) is 3.15. The van der Waals surface area contributed by atoms with Crippen LogP contribution in [0.2, 0.25) is 0 Å². The molecular weight excluding hydrogens is 723 g/mol. The van der Waals surface area contributed by atoms with Crippen molar-refractivity contribution in [2.24, 2.45) is 10.8 Å². The molecule has 0 N–H and O–H groups in total. The van der Waals surface area contributed by atoms with Gasteiger partial charge in [-0.2, -0.15) is 0 Å². The van der Waals surface area contributed by atoms with E-state index in [0.29, 0.717) is 32.5 Å². The van der Waals surface area contributed by atoms with Crippen molar-refractivity contribution in [2.75, 3.05) is 33.9 Å². The van der Waals surface area contributed by atoms with Gasteiger partial charge in [-0.3, -0.25) is 14.4 Å². The molecule has 7 heteroatoms. The van der Waals surface area contributed by atoms with Gasteiger partial charge in [0.1, 0.15) is 6.10 Å². The molecule has 58 heavy (non-hydrogen) atoms. The summed E-state index contributed by atoms with van der Waals surface area (Å²) in [5.74, 6) is -0.128. The van der Waals surface area contributed by atoms with E-state index >= 15 is 0 Å². The van der Waals surface area contributed by atoms with Crippen LogP contribution in [-0.2, 0) is 28.6 Å². The fourth-order valence-corrected chi connectivity index (χ4v) is 6.71. The van der Waals surface area contributed by atoms with Crippen molar-refractivity contribution in [3.05, 3.63) is 24.3 Å². The quantitative estimate of drug-likeness (QED) is 0.0264. The molecule has 7 nitrogen and oxygen atoms in total. The van der Waals surface area contributed by atoms with E-state index in [1.807, 2.05) is 14.1 Å². The number of hydrogen-bond donors (Lipinski definition) is 0. The summed E-state index contributed by atoms with van der Waals surface area (Å²) in [7, 11) is 4.10. The lowest BCUT2D eigenvalue weighted by Gasteiger charge is -2.18. The number of ether oxygens (including phenoxy) is 3. The molecule has 0 aliphatic heterocycles. The van der Waals surface area contributed by atoms with Crippen molar-refractivity contribution in [1.29, 1.82) is 0 Å². The van der Waals surface area contributed by atoms with E-state index in [1.165, 1.54) is 96.3 Å². The summed E-state index contributed by atoms with van der Waals surface area (Å²) in [4.78, 5) is 38.4. The second-order valence-corrected chi connectivity index (χ2v) is 19.7. The lowest BCUT2D eigenvalue weighted by Crippen LogP contribution is -2.20. The number of rotatable bonds is 39. The van der Waals surface area contributed by atoms with Crippen LogP contribution >= 0.6 is 0 Å². The predicted octanol–water partition coefficient (Wildman–Crippen LogP) is 14.5. The Kier molecular flexibility index (Phi) is 36.4. The largest absolute Gasteiger partial charge is 0.465 e. The molecule has 1 atom stereocenters. The van der Waals surface area contributed by atoms with Crippen molar-refractivity contribution in [2.45, 2.75) is 240 Å². The van der Waals surface area contributed by atoms with E-state index in [1.54, 1.807) is 0 Å². The lowest BCUT2D eigenvalue weighted by molar-refractivity contribution is -0.150. The second kappa shape index (κ2) is 37.8. The van der Waals surface area contributed by atoms with Gasteiger partial charge in [0.05, 0.1) is 13.2 Å². The fraction of sp³-hybridized carbons (Fsp3) is 0.863. The number of carbonyl (C=O) groups excluding carboxylic acids is 3. The topological polar surface area (TPSA) is 82.1 Å². The summed E-state index contributed by atoms with van der Waals surface area (Å²) in [6.45, 7) is 14.4. The molecular formula is C51H95NO6. The minimum atomic E-state index is -0.0552. The molecule has 0 spiro atoms. The number of allylic oxidation sites excluding steroid dienone is 4. The van der Waals surface area contributed by atoms with Crippen LogP contribution in [0, 0.1) is 10.8 Å². The molecule has 0 aliphatic carbocycles. The Bertz CT molecular complexity index is 1040. The Morgan fingerprint density at radius 2 is 0.741 bits per heavy atom. The molecule has 0 rings (SSSR count). The molecule has 0 aliphatic rings. The van der Waals surface area contributed by atoms with Crippen LogP contribution < -0.4 is 0 Å². The van der Waals surface area contributed by atoms with E-state index in [2.05, 4.69) is 70.7 Å². The molecule has 340 valence electrons. The molecule has 0 bridgehead atoms. The summed E-state index contributed by atoms with van der Waals surface area (Å²) in [6, 6.07) is 0. The van der Waals surface area contributed by atoms with E-state index in [9.17, 15) is 14.4 Å². The SMILES string of the molecule is CN(C)CCCC(=O)OC(CCCCCC/C=C\CCCCCCCC(=O)OCC(C)(C)C)CCCCCCCC/C=C\CCCCCCCC(=O)OCC(C)(C)C. The Hall–Kier alpha value is -2.15. The van der Waals surface area contributed by atoms with Crippen LogP contribution in [0.1, 0.15) is 234 Å². The van der Waals surface area contributed by atoms with Gasteiger partial charge in [0.2, 0.25) is 0 Å². The van der Waals surface area contributed by atoms with E-state index in [-0.39, 0.29) is 34.8 Å². The van der Waals surface area contributed by atoms with Crippen molar-refractivity contribution in [3.63, 3.8) is 0 Å². The highest BCUT2D eigenvalue weighted by Crippen LogP contribution is 2.19. The summed E-state index contributed by atoms with van der Waals surface area (Å²) >= 11 is 0. The van der Waals surface area contributed by atoms with Gasteiger partial charge in [-0.15, -0.1) is 0 Å². The normalized spacial score (nSPS) is 12.8. The minimum absolute atomic E-state index is 0.0212. The highest BCUT2D eigenvalue weighted by molar-refractivity contribution is 5.70. The van der Waals surface area contributed by atoms with Gasteiger partial charge in [0.15, 0.2) is 0 Å². The zero-order valence-electron chi connectivity index (χ0n) is 39.6. The maximum atomic E-state index is 12.6. The first-order chi connectivity index (χ1) is 27.7. The molecule has 0 fully saturated rings. The maximum Gasteiger partial charge on any atom is 0.306 e. The van der Waals surface area contributed by atoms with Crippen LogP contribution in [-0.4, -0.2) is 62.8 Å². The highest BCUT2D eigenvalue weighted by Gasteiger charge is 2.16. The van der Waals surface area contributed by atoms with Gasteiger partial charge in [0.25, 0.3) is 0 Å². The Balaban J connectivity index is 3.96. The monoisotopic (exact) mass is 818 g/mol. The molecule has 0 amide bonds. The Morgan fingerprint density at radius 3 is 1.09 bits per heavy atom.